The lowest BCUT2D eigenvalue weighted by molar-refractivity contribution is -0.146. The Morgan fingerprint density at radius 1 is 1.17 bits per heavy atom. The molecule has 1 aromatic rings. The van der Waals surface area contributed by atoms with E-state index in [9.17, 15) is 18.0 Å². The number of sulfonamides is 1. The molecule has 0 unspecified atom stereocenters. The first kappa shape index (κ1) is 23.3. The molecule has 0 bridgehead atoms. The average molecular weight is 427 g/mol. The molecule has 0 aromatic heterocycles. The first-order chi connectivity index (χ1) is 13.6. The summed E-state index contributed by atoms with van der Waals surface area (Å²) >= 11 is 0. The fraction of sp³-hybridized carbons (Fsp3) is 0.600. The Morgan fingerprint density at radius 2 is 1.76 bits per heavy atom. The lowest BCUT2D eigenvalue weighted by Gasteiger charge is -2.35. The first-order valence-electron chi connectivity index (χ1n) is 9.81. The van der Waals surface area contributed by atoms with E-state index in [1.54, 1.807) is 31.7 Å². The fourth-order valence-electron chi connectivity index (χ4n) is 3.37. The molecule has 162 valence electrons. The van der Waals surface area contributed by atoms with Crippen LogP contribution in [0.15, 0.2) is 23.1 Å². The van der Waals surface area contributed by atoms with Crippen molar-refractivity contribution >= 4 is 21.9 Å². The highest BCUT2D eigenvalue weighted by atomic mass is 32.2. The summed E-state index contributed by atoms with van der Waals surface area (Å²) < 4.78 is 37.5. The highest BCUT2D eigenvalue weighted by Gasteiger charge is 2.27. The number of morpholine rings is 1. The molecule has 2 atom stereocenters. The minimum Gasteiger partial charge on any atom is -0.452 e. The van der Waals surface area contributed by atoms with Crippen molar-refractivity contribution < 1.29 is 27.5 Å². The van der Waals surface area contributed by atoms with Crippen LogP contribution in [0, 0.1) is 6.92 Å². The first-order valence-corrected chi connectivity index (χ1v) is 11.2. The fourth-order valence-corrected chi connectivity index (χ4v) is 4.86. The van der Waals surface area contributed by atoms with Crippen molar-refractivity contribution in [3.63, 3.8) is 0 Å². The predicted octanol–water partition coefficient (Wildman–Crippen LogP) is 1.82. The molecule has 1 heterocycles. The predicted molar refractivity (Wildman–Crippen MR) is 108 cm³/mol. The Hall–Kier alpha value is -1.97. The topological polar surface area (TPSA) is 93.2 Å². The summed E-state index contributed by atoms with van der Waals surface area (Å²) in [6, 6.07) is 4.36. The Bertz CT molecular complexity index is 841. The van der Waals surface area contributed by atoms with Crippen molar-refractivity contribution in [2.75, 3.05) is 32.8 Å². The maximum Gasteiger partial charge on any atom is 0.338 e. The second-order valence-corrected chi connectivity index (χ2v) is 9.14. The van der Waals surface area contributed by atoms with Gasteiger partial charge in [-0.1, -0.05) is 19.9 Å². The third-order valence-electron chi connectivity index (χ3n) is 4.87. The number of amides is 1. The minimum absolute atomic E-state index is 0.0286. The third-order valence-corrected chi connectivity index (χ3v) is 6.92. The summed E-state index contributed by atoms with van der Waals surface area (Å²) in [4.78, 5) is 26.6. The minimum atomic E-state index is -3.70. The third kappa shape index (κ3) is 5.55. The number of esters is 1. The van der Waals surface area contributed by atoms with Gasteiger partial charge in [0.05, 0.1) is 22.7 Å². The van der Waals surface area contributed by atoms with E-state index < -0.39 is 22.6 Å². The second kappa shape index (κ2) is 9.69. The smallest absolute Gasteiger partial charge is 0.338 e. The molecule has 8 nitrogen and oxygen atoms in total. The molecular weight excluding hydrogens is 396 g/mol. The number of hydrogen-bond acceptors (Lipinski definition) is 6. The molecule has 0 N–H and O–H groups in total. The van der Waals surface area contributed by atoms with Crippen LogP contribution in [0.2, 0.25) is 0 Å². The highest BCUT2D eigenvalue weighted by molar-refractivity contribution is 7.89. The van der Waals surface area contributed by atoms with Crippen LogP contribution in [0.1, 0.15) is 43.6 Å². The zero-order chi connectivity index (χ0) is 21.8. The Labute approximate surface area is 172 Å². The van der Waals surface area contributed by atoms with E-state index in [2.05, 4.69) is 0 Å². The molecule has 2 rings (SSSR count). The van der Waals surface area contributed by atoms with Gasteiger partial charge in [-0.25, -0.2) is 13.2 Å². The van der Waals surface area contributed by atoms with E-state index in [1.807, 2.05) is 13.8 Å². The van der Waals surface area contributed by atoms with Gasteiger partial charge in [0.15, 0.2) is 6.61 Å². The van der Waals surface area contributed by atoms with E-state index in [0.717, 1.165) is 0 Å². The summed E-state index contributed by atoms with van der Waals surface area (Å²) in [7, 11) is -3.70. The van der Waals surface area contributed by atoms with E-state index >= 15 is 0 Å². The van der Waals surface area contributed by atoms with Crippen molar-refractivity contribution in [1.82, 2.24) is 9.21 Å². The van der Waals surface area contributed by atoms with Gasteiger partial charge in [0.1, 0.15) is 0 Å². The van der Waals surface area contributed by atoms with Gasteiger partial charge in [-0.15, -0.1) is 0 Å². The molecule has 1 saturated heterocycles. The Balaban J connectivity index is 2.12. The van der Waals surface area contributed by atoms with Crippen LogP contribution in [0.3, 0.4) is 0 Å². The largest absolute Gasteiger partial charge is 0.452 e. The van der Waals surface area contributed by atoms with E-state index in [1.165, 1.54) is 16.4 Å². The lowest BCUT2D eigenvalue weighted by atomic mass is 10.1. The number of hydrogen-bond donors (Lipinski definition) is 0. The van der Waals surface area contributed by atoms with Crippen LogP contribution >= 0.6 is 0 Å². The SMILES string of the molecule is CCN(CC)S(=O)(=O)c1ccc(C)c(C(=O)OCC(=O)N2C[C@H](C)O[C@@H](C)C2)c1. The van der Waals surface area contributed by atoms with Gasteiger partial charge in [0.25, 0.3) is 5.91 Å². The summed E-state index contributed by atoms with van der Waals surface area (Å²) in [5, 5.41) is 0. The summed E-state index contributed by atoms with van der Waals surface area (Å²) in [6.07, 6.45) is -0.162. The number of rotatable bonds is 7. The molecular formula is C20H30N2O6S. The Kier molecular flexibility index (Phi) is 7.79. The zero-order valence-electron chi connectivity index (χ0n) is 17.7. The van der Waals surface area contributed by atoms with Gasteiger partial charge in [-0.2, -0.15) is 4.31 Å². The number of nitrogens with zero attached hydrogens (tertiary/aromatic N) is 2. The van der Waals surface area contributed by atoms with Crippen LogP contribution < -0.4 is 0 Å². The van der Waals surface area contributed by atoms with Crippen LogP contribution in [0.25, 0.3) is 0 Å². The number of carbonyl (C=O) groups excluding carboxylic acids is 2. The number of benzene rings is 1. The maximum atomic E-state index is 12.7. The lowest BCUT2D eigenvalue weighted by Crippen LogP contribution is -2.49. The zero-order valence-corrected chi connectivity index (χ0v) is 18.5. The summed E-state index contributed by atoms with van der Waals surface area (Å²) in [5.74, 6) is -1.02. The van der Waals surface area contributed by atoms with Crippen molar-refractivity contribution in [2.24, 2.45) is 0 Å². The maximum absolute atomic E-state index is 12.7. The number of ether oxygens (including phenoxy) is 2. The molecule has 1 fully saturated rings. The molecule has 0 aliphatic carbocycles. The van der Waals surface area contributed by atoms with Gasteiger partial charge in [0.2, 0.25) is 10.0 Å². The van der Waals surface area contributed by atoms with Crippen LogP contribution in [0.5, 0.6) is 0 Å². The average Bonchev–Trinajstić information content (AvgIpc) is 2.66. The van der Waals surface area contributed by atoms with Crippen LogP contribution in [-0.4, -0.2) is 74.5 Å². The monoisotopic (exact) mass is 426 g/mol. The number of carbonyl (C=O) groups is 2. The van der Waals surface area contributed by atoms with E-state index in [-0.39, 0.29) is 28.6 Å². The van der Waals surface area contributed by atoms with Gasteiger partial charge in [0, 0.05) is 26.2 Å². The molecule has 1 aromatic carbocycles. The van der Waals surface area contributed by atoms with Gasteiger partial charge >= 0.3 is 5.97 Å². The van der Waals surface area contributed by atoms with Crippen molar-refractivity contribution in [3.8, 4) is 0 Å². The van der Waals surface area contributed by atoms with Gasteiger partial charge in [-0.05, 0) is 38.5 Å². The molecule has 1 aliphatic rings. The highest BCUT2D eigenvalue weighted by Crippen LogP contribution is 2.20. The molecule has 1 aliphatic heterocycles. The van der Waals surface area contributed by atoms with Gasteiger partial charge < -0.3 is 14.4 Å². The van der Waals surface area contributed by atoms with Crippen molar-refractivity contribution in [1.29, 1.82) is 0 Å². The van der Waals surface area contributed by atoms with E-state index in [4.69, 9.17) is 9.47 Å². The van der Waals surface area contributed by atoms with Crippen LogP contribution in [-0.2, 0) is 24.3 Å². The Morgan fingerprint density at radius 3 is 2.31 bits per heavy atom. The number of aryl methyl sites for hydroxylation is 1. The molecule has 0 spiro atoms. The molecule has 0 radical (unpaired) electrons. The van der Waals surface area contributed by atoms with Crippen molar-refractivity contribution in [3.05, 3.63) is 29.3 Å². The molecule has 0 saturated carbocycles. The standard InChI is InChI=1S/C20H30N2O6S/c1-6-22(7-2)29(25,26)17-9-8-14(3)18(10-17)20(24)27-13-19(23)21-11-15(4)28-16(5)12-21/h8-10,15-16H,6-7,11-13H2,1-5H3/t15-,16-/m0/s1. The van der Waals surface area contributed by atoms with Gasteiger partial charge in [-0.3, -0.25) is 4.79 Å². The van der Waals surface area contributed by atoms with Crippen molar-refractivity contribution in [2.45, 2.75) is 51.7 Å². The summed E-state index contributed by atoms with van der Waals surface area (Å²) in [6.45, 7) is 10.1. The van der Waals surface area contributed by atoms with Crippen LogP contribution in [0.4, 0.5) is 0 Å². The quantitative estimate of drug-likeness (QED) is 0.618. The second-order valence-electron chi connectivity index (χ2n) is 7.20. The molecule has 9 heteroatoms. The van der Waals surface area contributed by atoms with E-state index in [0.29, 0.717) is 31.7 Å². The summed E-state index contributed by atoms with van der Waals surface area (Å²) in [5.41, 5.74) is 0.712. The molecule has 29 heavy (non-hydrogen) atoms. The normalized spacial score (nSPS) is 20.0. The molecule has 1 amide bonds.